The van der Waals surface area contributed by atoms with Gasteiger partial charge in [0.05, 0.1) is 0 Å². The Labute approximate surface area is 125 Å². The van der Waals surface area contributed by atoms with Gasteiger partial charge in [-0.05, 0) is 24.0 Å². The maximum atomic E-state index is 11.9. The number of hydrogen-bond acceptors (Lipinski definition) is 6. The summed E-state index contributed by atoms with van der Waals surface area (Å²) < 4.78 is 15.6. The van der Waals surface area contributed by atoms with Crippen LogP contribution in [0.25, 0.3) is 5.57 Å². The lowest BCUT2D eigenvalue weighted by molar-refractivity contribution is -0.169. The lowest BCUT2D eigenvalue weighted by atomic mass is 9.78. The number of ether oxygens (including phenoxy) is 3. The molecule has 0 N–H and O–H groups in total. The summed E-state index contributed by atoms with van der Waals surface area (Å²) in [5, 5.41) is 0. The van der Waals surface area contributed by atoms with Crippen molar-refractivity contribution < 1.29 is 23.8 Å². The zero-order valence-electron chi connectivity index (χ0n) is 11.1. The summed E-state index contributed by atoms with van der Waals surface area (Å²) in [6, 6.07) is 8.00. The van der Waals surface area contributed by atoms with Crippen LogP contribution in [-0.4, -0.2) is 36.7 Å². The first kappa shape index (κ1) is 12.8. The third-order valence-corrected chi connectivity index (χ3v) is 4.79. The molecule has 3 heterocycles. The van der Waals surface area contributed by atoms with E-state index in [0.717, 1.165) is 16.0 Å². The van der Waals surface area contributed by atoms with Crippen LogP contribution in [-0.2, 0) is 19.0 Å². The molecular weight excluding hydrogens is 292 g/mol. The van der Waals surface area contributed by atoms with Gasteiger partial charge in [0.2, 0.25) is 0 Å². The van der Waals surface area contributed by atoms with Gasteiger partial charge in [-0.2, -0.15) is 0 Å². The van der Waals surface area contributed by atoms with Crippen molar-refractivity contribution in [3.8, 4) is 0 Å². The van der Waals surface area contributed by atoms with Crippen molar-refractivity contribution in [1.82, 2.24) is 0 Å². The monoisotopic (exact) mass is 304 g/mol. The van der Waals surface area contributed by atoms with Gasteiger partial charge in [0.1, 0.15) is 5.92 Å². The normalized spacial score (nSPS) is 32.9. The van der Waals surface area contributed by atoms with Crippen molar-refractivity contribution in [3.63, 3.8) is 0 Å². The number of hydrogen-bond donors (Lipinski definition) is 0. The van der Waals surface area contributed by atoms with Crippen LogP contribution in [0.3, 0.4) is 0 Å². The van der Waals surface area contributed by atoms with Gasteiger partial charge in [0.25, 0.3) is 0 Å². The molecule has 21 heavy (non-hydrogen) atoms. The lowest BCUT2D eigenvalue weighted by Gasteiger charge is -2.39. The van der Waals surface area contributed by atoms with E-state index in [-0.39, 0.29) is 5.97 Å². The van der Waals surface area contributed by atoms with Crippen molar-refractivity contribution in [2.45, 2.75) is 23.2 Å². The molecule has 3 aliphatic heterocycles. The highest BCUT2D eigenvalue weighted by atomic mass is 32.2. The van der Waals surface area contributed by atoms with Crippen molar-refractivity contribution in [2.75, 3.05) is 6.26 Å². The van der Waals surface area contributed by atoms with Gasteiger partial charge in [0, 0.05) is 10.5 Å². The minimum atomic E-state index is -0.731. The predicted molar refractivity (Wildman–Crippen MR) is 74.7 cm³/mol. The summed E-state index contributed by atoms with van der Waals surface area (Å²) in [6.45, 7) is 0. The third kappa shape index (κ3) is 1.86. The van der Waals surface area contributed by atoms with Crippen LogP contribution in [0.4, 0.5) is 4.79 Å². The summed E-state index contributed by atoms with van der Waals surface area (Å²) in [6.07, 6.45) is 1.44. The highest BCUT2D eigenvalue weighted by Crippen LogP contribution is 2.43. The van der Waals surface area contributed by atoms with E-state index >= 15 is 0 Å². The minimum absolute atomic E-state index is 0.357. The van der Waals surface area contributed by atoms with E-state index in [9.17, 15) is 9.59 Å². The molecule has 2 fully saturated rings. The second-order valence-electron chi connectivity index (χ2n) is 5.15. The van der Waals surface area contributed by atoms with Crippen LogP contribution in [0.2, 0.25) is 0 Å². The van der Waals surface area contributed by atoms with E-state index < -0.39 is 30.4 Å². The highest BCUT2D eigenvalue weighted by molar-refractivity contribution is 7.98. The molecule has 5 nitrogen and oxygen atoms in total. The molecular formula is C15H12O5S. The number of fused-ring (bicyclic) bond motifs is 1. The molecule has 1 aliphatic carbocycles. The molecule has 0 amide bonds. The maximum Gasteiger partial charge on any atom is 0.509 e. The zero-order chi connectivity index (χ0) is 14.6. The Hall–Kier alpha value is -1.95. The quantitative estimate of drug-likeness (QED) is 0.617. The van der Waals surface area contributed by atoms with Gasteiger partial charge in [-0.15, -0.1) is 11.8 Å². The van der Waals surface area contributed by atoms with Crippen molar-refractivity contribution in [3.05, 3.63) is 35.9 Å². The van der Waals surface area contributed by atoms with E-state index in [1.165, 1.54) is 0 Å². The maximum absolute atomic E-state index is 11.9. The number of rotatable bonds is 2. The molecule has 108 valence electrons. The van der Waals surface area contributed by atoms with Gasteiger partial charge in [-0.25, -0.2) is 4.79 Å². The molecule has 2 bridgehead atoms. The summed E-state index contributed by atoms with van der Waals surface area (Å²) in [5.74, 6) is -0.939. The molecule has 5 rings (SSSR count). The fourth-order valence-electron chi connectivity index (χ4n) is 3.04. The molecule has 4 aliphatic rings. The molecule has 0 unspecified atom stereocenters. The molecule has 0 spiro atoms. The van der Waals surface area contributed by atoms with Gasteiger partial charge in [-0.3, -0.25) is 4.79 Å². The fraction of sp³-hybridized carbons (Fsp3) is 0.333. The minimum Gasteiger partial charge on any atom is -0.453 e. The van der Waals surface area contributed by atoms with Gasteiger partial charge < -0.3 is 14.2 Å². The first-order valence-electron chi connectivity index (χ1n) is 6.61. The van der Waals surface area contributed by atoms with Gasteiger partial charge >= 0.3 is 12.1 Å². The second kappa shape index (κ2) is 4.53. The van der Waals surface area contributed by atoms with E-state index in [1.807, 2.05) is 36.6 Å². The van der Waals surface area contributed by atoms with Crippen LogP contribution in [0, 0.1) is 5.92 Å². The Morgan fingerprint density at radius 1 is 1.00 bits per heavy atom. The average Bonchev–Trinajstić information content (AvgIpc) is 2.90. The van der Waals surface area contributed by atoms with Crippen LogP contribution in [0.5, 0.6) is 0 Å². The van der Waals surface area contributed by atoms with E-state index in [0.29, 0.717) is 0 Å². The van der Waals surface area contributed by atoms with E-state index in [4.69, 9.17) is 14.2 Å². The fourth-order valence-corrected chi connectivity index (χ4v) is 3.44. The van der Waals surface area contributed by atoms with Crippen molar-refractivity contribution in [1.29, 1.82) is 0 Å². The van der Waals surface area contributed by atoms with Crippen molar-refractivity contribution >= 4 is 29.5 Å². The number of carbonyl (C=O) groups excluding carboxylic acids is 2. The van der Waals surface area contributed by atoms with Gasteiger partial charge in [-0.1, -0.05) is 18.2 Å². The average molecular weight is 304 g/mol. The molecule has 2 saturated heterocycles. The summed E-state index contributed by atoms with van der Waals surface area (Å²) in [5.41, 5.74) is 1.85. The summed E-state index contributed by atoms with van der Waals surface area (Å²) in [7, 11) is 0. The lowest BCUT2D eigenvalue weighted by Crippen LogP contribution is -2.54. The molecule has 4 atom stereocenters. The topological polar surface area (TPSA) is 61.8 Å². The van der Waals surface area contributed by atoms with Crippen LogP contribution >= 0.6 is 11.8 Å². The molecule has 6 heteroatoms. The molecule has 1 aromatic carbocycles. The summed E-state index contributed by atoms with van der Waals surface area (Å²) >= 11 is 1.66. The molecule has 0 aromatic heterocycles. The Morgan fingerprint density at radius 2 is 1.71 bits per heavy atom. The smallest absolute Gasteiger partial charge is 0.453 e. The van der Waals surface area contributed by atoms with Crippen LogP contribution in [0.15, 0.2) is 35.2 Å². The Morgan fingerprint density at radius 3 is 2.43 bits per heavy atom. The predicted octanol–water partition coefficient (Wildman–Crippen LogP) is 2.25. The second-order valence-corrected chi connectivity index (χ2v) is 6.03. The van der Waals surface area contributed by atoms with Crippen LogP contribution in [0.1, 0.15) is 5.56 Å². The largest absolute Gasteiger partial charge is 0.509 e. The number of esters is 1. The zero-order valence-corrected chi connectivity index (χ0v) is 12.0. The van der Waals surface area contributed by atoms with Crippen LogP contribution < -0.4 is 0 Å². The molecule has 0 saturated carbocycles. The number of benzene rings is 1. The molecule has 1 aromatic rings. The highest BCUT2D eigenvalue weighted by Gasteiger charge is 2.58. The Balaban J connectivity index is 1.73. The number of carbonyl (C=O) groups is 2. The standard InChI is InChI=1S/C15H12O5S/c1-21-8-4-2-7(3-5-8)9-6-10-12-13(20-15(17)19-12)11(9)18-14(10)16/h2-6,10-13H,1H3/t10-,11+,12+,13-/m0/s1. The molecule has 0 radical (unpaired) electrons. The van der Waals surface area contributed by atoms with E-state index in [1.54, 1.807) is 11.8 Å². The van der Waals surface area contributed by atoms with Crippen molar-refractivity contribution in [2.24, 2.45) is 5.92 Å². The SMILES string of the molecule is CSc1ccc(C2=C[C@@H]3C(=O)O[C@H]2[C@@H]2OC(=O)O[C@@H]23)cc1. The number of thioether (sulfide) groups is 1. The first-order valence-corrected chi connectivity index (χ1v) is 7.84. The Bertz CT molecular complexity index is 651. The third-order valence-electron chi connectivity index (χ3n) is 4.05. The summed E-state index contributed by atoms with van der Waals surface area (Å²) in [4.78, 5) is 24.3. The first-order chi connectivity index (χ1) is 10.2. The Kier molecular flexibility index (Phi) is 2.75. The van der Waals surface area contributed by atoms with Gasteiger partial charge in [0.15, 0.2) is 18.3 Å². The van der Waals surface area contributed by atoms with E-state index in [2.05, 4.69) is 0 Å².